The van der Waals surface area contributed by atoms with Crippen molar-refractivity contribution < 1.29 is 19.0 Å². The molecule has 0 saturated carbocycles. The molecule has 0 unspecified atom stereocenters. The summed E-state index contributed by atoms with van der Waals surface area (Å²) in [6, 6.07) is 4.12. The molecule has 136 valence electrons. The molecule has 0 fully saturated rings. The first-order chi connectivity index (χ1) is 12.0. The summed E-state index contributed by atoms with van der Waals surface area (Å²) in [4.78, 5) is 17.1. The van der Waals surface area contributed by atoms with Crippen LogP contribution in [-0.2, 0) is 16.0 Å². The van der Waals surface area contributed by atoms with Crippen LogP contribution in [0.2, 0.25) is 0 Å². The molecule has 0 saturated heterocycles. The molecule has 2 aliphatic rings. The van der Waals surface area contributed by atoms with E-state index in [1.807, 2.05) is 24.1 Å². The van der Waals surface area contributed by atoms with Gasteiger partial charge in [0.25, 0.3) is 5.91 Å². The number of nitrogens with zero attached hydrogens (tertiary/aromatic N) is 2. The summed E-state index contributed by atoms with van der Waals surface area (Å²) in [5, 5.41) is 0. The molecule has 25 heavy (non-hydrogen) atoms. The monoisotopic (exact) mass is 346 g/mol. The first kappa shape index (κ1) is 17.6. The number of benzene rings is 1. The lowest BCUT2D eigenvalue weighted by atomic mass is 9.88. The predicted molar refractivity (Wildman–Crippen MR) is 96.3 cm³/mol. The molecular weight excluding hydrogens is 320 g/mol. The molecule has 6 nitrogen and oxygen atoms in total. The van der Waals surface area contributed by atoms with Gasteiger partial charge in [0.1, 0.15) is 0 Å². The molecule has 0 radical (unpaired) electrons. The number of ether oxygens (including phenoxy) is 3. The fourth-order valence-corrected chi connectivity index (χ4v) is 3.74. The summed E-state index contributed by atoms with van der Waals surface area (Å²) in [5.74, 6) is 1.50. The van der Waals surface area contributed by atoms with E-state index < -0.39 is 0 Å². The molecule has 0 N–H and O–H groups in total. The number of fused-ring (bicyclic) bond motifs is 1. The molecule has 0 aromatic heterocycles. The Bertz CT molecular complexity index is 714. The van der Waals surface area contributed by atoms with Gasteiger partial charge in [-0.05, 0) is 18.6 Å². The zero-order valence-corrected chi connectivity index (χ0v) is 15.6. The van der Waals surface area contributed by atoms with Gasteiger partial charge in [-0.15, -0.1) is 0 Å². The standard InChI is InChI=1S/C19H26N2O4/c1-12-8-16-14(19(22)21(12)6-7-23-3)9-13-10-17(24-4)18(25-5)11-15(13)20(16)2/h10-12H,6-9H2,1-5H3/t12-/m0/s1. The van der Waals surface area contributed by atoms with Crippen molar-refractivity contribution in [3.8, 4) is 11.5 Å². The van der Waals surface area contributed by atoms with Gasteiger partial charge >= 0.3 is 0 Å². The first-order valence-corrected chi connectivity index (χ1v) is 8.52. The highest BCUT2D eigenvalue weighted by Crippen LogP contribution is 2.43. The molecule has 3 rings (SSSR count). The average molecular weight is 346 g/mol. The van der Waals surface area contributed by atoms with Gasteiger partial charge in [0.15, 0.2) is 11.5 Å². The second-order valence-corrected chi connectivity index (χ2v) is 6.54. The number of carbonyl (C=O) groups excluding carboxylic acids is 1. The Hall–Kier alpha value is -2.21. The summed E-state index contributed by atoms with van der Waals surface area (Å²) >= 11 is 0. The molecule has 1 amide bonds. The Morgan fingerprint density at radius 1 is 1.16 bits per heavy atom. The highest BCUT2D eigenvalue weighted by Gasteiger charge is 2.37. The lowest BCUT2D eigenvalue weighted by molar-refractivity contribution is -0.130. The van der Waals surface area contributed by atoms with E-state index in [1.165, 1.54) is 0 Å². The van der Waals surface area contributed by atoms with Gasteiger partial charge in [-0.3, -0.25) is 4.79 Å². The summed E-state index contributed by atoms with van der Waals surface area (Å²) in [7, 11) is 6.94. The Labute approximate surface area is 148 Å². The Morgan fingerprint density at radius 2 is 1.84 bits per heavy atom. The van der Waals surface area contributed by atoms with Crippen LogP contribution in [0.5, 0.6) is 11.5 Å². The molecule has 0 spiro atoms. The third-order valence-electron chi connectivity index (χ3n) is 5.14. The van der Waals surface area contributed by atoms with Crippen molar-refractivity contribution in [2.75, 3.05) is 46.4 Å². The van der Waals surface area contributed by atoms with Crippen LogP contribution in [0.3, 0.4) is 0 Å². The molecule has 0 bridgehead atoms. The van der Waals surface area contributed by atoms with E-state index >= 15 is 0 Å². The number of rotatable bonds is 5. The molecule has 0 aliphatic carbocycles. The topological polar surface area (TPSA) is 51.2 Å². The summed E-state index contributed by atoms with van der Waals surface area (Å²) in [6.07, 6.45) is 1.46. The molecule has 1 atom stereocenters. The van der Waals surface area contributed by atoms with Crippen molar-refractivity contribution in [3.05, 3.63) is 29.0 Å². The molecule has 2 heterocycles. The van der Waals surface area contributed by atoms with Crippen LogP contribution in [0, 0.1) is 0 Å². The fraction of sp³-hybridized carbons (Fsp3) is 0.526. The predicted octanol–water partition coefficient (Wildman–Crippen LogP) is 2.22. The maximum absolute atomic E-state index is 13.0. The maximum atomic E-state index is 13.0. The SMILES string of the molecule is COCCN1C(=O)C2=C(C[C@@H]1C)N(C)c1cc(OC)c(OC)cc1C2. The zero-order valence-electron chi connectivity index (χ0n) is 15.6. The van der Waals surface area contributed by atoms with Gasteiger partial charge in [-0.25, -0.2) is 0 Å². The van der Waals surface area contributed by atoms with Gasteiger partial charge < -0.3 is 24.0 Å². The maximum Gasteiger partial charge on any atom is 0.252 e. The van der Waals surface area contributed by atoms with Crippen LogP contribution in [-0.4, -0.2) is 58.4 Å². The van der Waals surface area contributed by atoms with Crippen LogP contribution >= 0.6 is 0 Å². The van der Waals surface area contributed by atoms with Crippen molar-refractivity contribution in [1.82, 2.24) is 4.90 Å². The Morgan fingerprint density at radius 3 is 2.48 bits per heavy atom. The second kappa shape index (κ2) is 6.96. The van der Waals surface area contributed by atoms with Crippen LogP contribution in [0.4, 0.5) is 5.69 Å². The summed E-state index contributed by atoms with van der Waals surface area (Å²) < 4.78 is 16.0. The lowest BCUT2D eigenvalue weighted by Gasteiger charge is -2.42. The highest BCUT2D eigenvalue weighted by atomic mass is 16.5. The number of anilines is 1. The minimum Gasteiger partial charge on any atom is -0.493 e. The fourth-order valence-electron chi connectivity index (χ4n) is 3.74. The van der Waals surface area contributed by atoms with Gasteiger partial charge in [-0.1, -0.05) is 0 Å². The molecular formula is C19H26N2O4. The molecule has 1 aromatic rings. The number of carbonyl (C=O) groups is 1. The summed E-state index contributed by atoms with van der Waals surface area (Å²) in [5.41, 5.74) is 4.12. The van der Waals surface area contributed by atoms with E-state index in [-0.39, 0.29) is 11.9 Å². The number of hydrogen-bond acceptors (Lipinski definition) is 5. The quantitative estimate of drug-likeness (QED) is 0.818. The van der Waals surface area contributed by atoms with Crippen molar-refractivity contribution in [2.24, 2.45) is 0 Å². The van der Waals surface area contributed by atoms with Gasteiger partial charge in [-0.2, -0.15) is 0 Å². The summed E-state index contributed by atoms with van der Waals surface area (Å²) in [6.45, 7) is 3.27. The minimum absolute atomic E-state index is 0.109. The third-order valence-corrected chi connectivity index (χ3v) is 5.14. The van der Waals surface area contributed by atoms with Crippen LogP contribution in [0.15, 0.2) is 23.4 Å². The second-order valence-electron chi connectivity index (χ2n) is 6.54. The largest absolute Gasteiger partial charge is 0.493 e. The number of hydrogen-bond donors (Lipinski definition) is 0. The third kappa shape index (κ3) is 2.95. The van der Waals surface area contributed by atoms with Crippen molar-refractivity contribution in [2.45, 2.75) is 25.8 Å². The van der Waals surface area contributed by atoms with Crippen molar-refractivity contribution in [1.29, 1.82) is 0 Å². The number of methoxy groups -OCH3 is 3. The minimum atomic E-state index is 0.109. The lowest BCUT2D eigenvalue weighted by Crippen LogP contribution is -2.48. The molecule has 6 heteroatoms. The van der Waals surface area contributed by atoms with E-state index in [1.54, 1.807) is 21.3 Å². The van der Waals surface area contributed by atoms with Crippen LogP contribution in [0.25, 0.3) is 0 Å². The number of amides is 1. The van der Waals surface area contributed by atoms with E-state index in [0.717, 1.165) is 28.9 Å². The van der Waals surface area contributed by atoms with E-state index in [2.05, 4.69) is 11.8 Å². The smallest absolute Gasteiger partial charge is 0.252 e. The van der Waals surface area contributed by atoms with Gasteiger partial charge in [0.05, 0.1) is 20.8 Å². The van der Waals surface area contributed by atoms with Gasteiger partial charge in [0.2, 0.25) is 0 Å². The van der Waals surface area contributed by atoms with Crippen LogP contribution in [0.1, 0.15) is 18.9 Å². The van der Waals surface area contributed by atoms with Crippen LogP contribution < -0.4 is 14.4 Å². The van der Waals surface area contributed by atoms with E-state index in [9.17, 15) is 4.79 Å². The molecule has 2 aliphatic heterocycles. The van der Waals surface area contributed by atoms with E-state index in [0.29, 0.717) is 31.1 Å². The van der Waals surface area contributed by atoms with Crippen molar-refractivity contribution in [3.63, 3.8) is 0 Å². The van der Waals surface area contributed by atoms with Crippen molar-refractivity contribution >= 4 is 11.6 Å². The Balaban J connectivity index is 1.98. The average Bonchev–Trinajstić information content (AvgIpc) is 2.62. The van der Waals surface area contributed by atoms with E-state index in [4.69, 9.17) is 14.2 Å². The first-order valence-electron chi connectivity index (χ1n) is 8.52. The Kier molecular flexibility index (Phi) is 4.90. The van der Waals surface area contributed by atoms with Gasteiger partial charge in [0, 0.05) is 62.6 Å². The zero-order chi connectivity index (χ0) is 18.1. The normalized spacial score (nSPS) is 19.7. The molecule has 1 aromatic carbocycles. The highest BCUT2D eigenvalue weighted by molar-refractivity contribution is 5.98.